The zero-order valence-corrected chi connectivity index (χ0v) is 21.2. The average Bonchev–Trinajstić information content (AvgIpc) is 3.23. The van der Waals surface area contributed by atoms with E-state index in [1.807, 2.05) is 48.5 Å². The average molecular weight is 534 g/mol. The van der Waals surface area contributed by atoms with E-state index in [9.17, 15) is 19.7 Å². The van der Waals surface area contributed by atoms with Crippen molar-refractivity contribution < 1.29 is 14.5 Å². The maximum absolute atomic E-state index is 14.4. The van der Waals surface area contributed by atoms with Crippen LogP contribution in [-0.4, -0.2) is 23.0 Å². The highest BCUT2D eigenvalue weighted by atomic mass is 35.5. The van der Waals surface area contributed by atoms with Crippen LogP contribution < -0.4 is 4.90 Å². The van der Waals surface area contributed by atoms with Gasteiger partial charge in [-0.2, -0.15) is 0 Å². The number of rotatable bonds is 4. The lowest BCUT2D eigenvalue weighted by Gasteiger charge is -2.52. The Balaban J connectivity index is 1.52. The third-order valence-electron chi connectivity index (χ3n) is 8.26. The number of para-hydroxylation sites is 3. The number of nitro benzene ring substituents is 1. The Hall–Kier alpha value is -4.62. The van der Waals surface area contributed by atoms with E-state index in [1.54, 1.807) is 48.7 Å². The van der Waals surface area contributed by atoms with E-state index < -0.39 is 22.2 Å². The number of imide groups is 1. The van der Waals surface area contributed by atoms with Crippen molar-refractivity contribution in [2.24, 2.45) is 16.8 Å². The summed E-state index contributed by atoms with van der Waals surface area (Å²) in [6, 6.07) is 28.7. The Morgan fingerprint density at radius 2 is 1.41 bits per heavy atom. The number of anilines is 1. The van der Waals surface area contributed by atoms with E-state index >= 15 is 0 Å². The van der Waals surface area contributed by atoms with Gasteiger partial charge in [-0.3, -0.25) is 24.7 Å². The summed E-state index contributed by atoms with van der Waals surface area (Å²) in [5.41, 5.74) is 2.91. The molecule has 1 aliphatic heterocycles. The number of hydrogen-bond acceptors (Lipinski definition) is 5. The number of aliphatic imine (C=N–C) groups is 1. The molecule has 3 aliphatic carbocycles. The Morgan fingerprint density at radius 3 is 2.08 bits per heavy atom. The number of amides is 2. The van der Waals surface area contributed by atoms with Gasteiger partial charge in [0.05, 0.1) is 32.9 Å². The lowest BCUT2D eigenvalue weighted by atomic mass is 9.47. The third kappa shape index (κ3) is 3.08. The van der Waals surface area contributed by atoms with E-state index in [0.29, 0.717) is 10.7 Å². The molecule has 8 rings (SSSR count). The Bertz CT molecular complexity index is 1700. The van der Waals surface area contributed by atoms with Crippen LogP contribution >= 0.6 is 11.6 Å². The molecular formula is C31H20ClN3O4. The fourth-order valence-electron chi connectivity index (χ4n) is 6.82. The lowest BCUT2D eigenvalue weighted by molar-refractivity contribution is -0.384. The second-order valence-electron chi connectivity index (χ2n) is 9.99. The smallest absolute Gasteiger partial charge is 0.274 e. The molecule has 4 aromatic rings. The number of carbonyl (C=O) groups excluding carboxylic acids is 2. The fourth-order valence-corrected chi connectivity index (χ4v) is 7.04. The van der Waals surface area contributed by atoms with Crippen molar-refractivity contribution >= 4 is 46.7 Å². The standard InChI is InChI=1S/C31H20ClN3O4/c32-22-13-5-7-15-24(22)34-29(36)27-26-18-9-1-3-11-20(18)31(28(27)30(34)37,21-12-4-2-10-19(21)26)17-33-23-14-6-8-16-25(23)35(38)39/h1-17,26-28H/t26?,27-,28+,31?/m1/s1. The third-order valence-corrected chi connectivity index (χ3v) is 8.58. The van der Waals surface area contributed by atoms with Gasteiger partial charge >= 0.3 is 0 Å². The van der Waals surface area contributed by atoms with Crippen molar-refractivity contribution in [3.8, 4) is 0 Å². The summed E-state index contributed by atoms with van der Waals surface area (Å²) in [6.07, 6.45) is 1.65. The molecule has 1 fully saturated rings. The molecule has 0 aromatic heterocycles. The number of benzene rings is 4. The van der Waals surface area contributed by atoms with Crippen LogP contribution in [0.25, 0.3) is 0 Å². The van der Waals surface area contributed by atoms with E-state index in [-0.39, 0.29) is 29.1 Å². The van der Waals surface area contributed by atoms with Crippen LogP contribution in [0.4, 0.5) is 17.1 Å². The molecule has 2 bridgehead atoms. The highest BCUT2D eigenvalue weighted by molar-refractivity contribution is 6.36. The van der Waals surface area contributed by atoms with Crippen LogP contribution in [0.3, 0.4) is 0 Å². The van der Waals surface area contributed by atoms with Gasteiger partial charge in [-0.15, -0.1) is 0 Å². The molecule has 4 aliphatic rings. The van der Waals surface area contributed by atoms with Crippen molar-refractivity contribution in [3.05, 3.63) is 134 Å². The van der Waals surface area contributed by atoms with Crippen molar-refractivity contribution in [1.29, 1.82) is 0 Å². The number of nitrogens with zero attached hydrogens (tertiary/aromatic N) is 3. The van der Waals surface area contributed by atoms with Gasteiger partial charge in [0, 0.05) is 18.2 Å². The topological polar surface area (TPSA) is 92.9 Å². The lowest BCUT2D eigenvalue weighted by Crippen LogP contribution is -2.54. The number of nitro groups is 1. The Labute approximate surface area is 228 Å². The Morgan fingerprint density at radius 1 is 0.821 bits per heavy atom. The SMILES string of the molecule is O=C1[C@@H]2C3c4ccccc4C(C=Nc4ccccc4[N+](=O)[O-])(c4ccccc43)[C@@H]2C(=O)N1c1ccccc1Cl. The van der Waals surface area contributed by atoms with E-state index in [0.717, 1.165) is 22.3 Å². The number of hydrogen-bond donors (Lipinski definition) is 0. The maximum Gasteiger partial charge on any atom is 0.294 e. The van der Waals surface area contributed by atoms with Gasteiger partial charge < -0.3 is 0 Å². The minimum Gasteiger partial charge on any atom is -0.274 e. The maximum atomic E-state index is 14.4. The second-order valence-corrected chi connectivity index (χ2v) is 10.4. The van der Waals surface area contributed by atoms with Gasteiger partial charge in [-0.1, -0.05) is 84.4 Å². The first-order chi connectivity index (χ1) is 18.9. The van der Waals surface area contributed by atoms with E-state index in [2.05, 4.69) is 4.99 Å². The first kappa shape index (κ1) is 23.5. The van der Waals surface area contributed by atoms with Gasteiger partial charge in [-0.25, -0.2) is 4.90 Å². The monoisotopic (exact) mass is 533 g/mol. The molecule has 2 amide bonds. The Kier molecular flexibility index (Phi) is 5.09. The summed E-state index contributed by atoms with van der Waals surface area (Å²) >= 11 is 6.49. The first-order valence-electron chi connectivity index (χ1n) is 12.5. The molecule has 0 saturated carbocycles. The zero-order valence-electron chi connectivity index (χ0n) is 20.4. The normalized spacial score (nSPS) is 24.5. The molecule has 0 radical (unpaired) electrons. The number of halogens is 1. The first-order valence-corrected chi connectivity index (χ1v) is 12.9. The van der Waals surface area contributed by atoms with Gasteiger partial charge in [-0.05, 0) is 40.5 Å². The van der Waals surface area contributed by atoms with Crippen LogP contribution in [-0.2, 0) is 15.0 Å². The summed E-state index contributed by atoms with van der Waals surface area (Å²) in [5.74, 6) is -2.48. The summed E-state index contributed by atoms with van der Waals surface area (Å²) in [6.45, 7) is 0. The molecule has 39 heavy (non-hydrogen) atoms. The predicted molar refractivity (Wildman–Crippen MR) is 148 cm³/mol. The summed E-state index contributed by atoms with van der Waals surface area (Å²) in [5, 5.41) is 12.1. The van der Waals surface area contributed by atoms with Crippen molar-refractivity contribution in [3.63, 3.8) is 0 Å². The summed E-state index contributed by atoms with van der Waals surface area (Å²) < 4.78 is 0. The molecule has 8 heteroatoms. The highest BCUT2D eigenvalue weighted by Crippen LogP contribution is 2.64. The van der Waals surface area contributed by atoms with Crippen LogP contribution in [0.15, 0.2) is 102 Å². The molecule has 1 saturated heterocycles. The quantitative estimate of drug-likeness (QED) is 0.135. The van der Waals surface area contributed by atoms with Gasteiger partial charge in [0.2, 0.25) is 11.8 Å². The van der Waals surface area contributed by atoms with Crippen molar-refractivity contribution in [2.75, 3.05) is 4.90 Å². The molecule has 1 heterocycles. The minimum absolute atomic E-state index is 0.140. The fraction of sp³-hybridized carbons (Fsp3) is 0.129. The molecular weight excluding hydrogens is 514 g/mol. The van der Waals surface area contributed by atoms with Crippen LogP contribution in [0, 0.1) is 22.0 Å². The number of carbonyl (C=O) groups is 2. The van der Waals surface area contributed by atoms with Gasteiger partial charge in [0.1, 0.15) is 5.69 Å². The molecule has 7 nitrogen and oxygen atoms in total. The molecule has 0 spiro atoms. The molecule has 0 N–H and O–H groups in total. The zero-order chi connectivity index (χ0) is 26.9. The van der Waals surface area contributed by atoms with Gasteiger partial charge in [0.25, 0.3) is 5.69 Å². The predicted octanol–water partition coefficient (Wildman–Crippen LogP) is 6.20. The summed E-state index contributed by atoms with van der Waals surface area (Å²) in [7, 11) is 0. The second kappa shape index (κ2) is 8.44. The highest BCUT2D eigenvalue weighted by Gasteiger charge is 2.68. The van der Waals surface area contributed by atoms with Crippen molar-refractivity contribution in [2.45, 2.75) is 11.3 Å². The van der Waals surface area contributed by atoms with Crippen molar-refractivity contribution in [1.82, 2.24) is 0 Å². The molecule has 0 unspecified atom stereocenters. The van der Waals surface area contributed by atoms with Gasteiger partial charge in [0.15, 0.2) is 0 Å². The van der Waals surface area contributed by atoms with E-state index in [1.165, 1.54) is 11.0 Å². The van der Waals surface area contributed by atoms with Crippen LogP contribution in [0.1, 0.15) is 28.2 Å². The molecule has 4 aromatic carbocycles. The van der Waals surface area contributed by atoms with E-state index in [4.69, 9.17) is 11.6 Å². The minimum atomic E-state index is -1.13. The molecule has 190 valence electrons. The van der Waals surface area contributed by atoms with Crippen LogP contribution in [0.5, 0.6) is 0 Å². The summed E-state index contributed by atoms with van der Waals surface area (Å²) in [4.78, 5) is 45.7. The van der Waals surface area contributed by atoms with Crippen LogP contribution in [0.2, 0.25) is 5.02 Å². The molecule has 2 atom stereocenters. The largest absolute Gasteiger partial charge is 0.294 e.